The molecule has 4 heterocycles. The van der Waals surface area contributed by atoms with Gasteiger partial charge >= 0.3 is 23.9 Å². The molecule has 4 bridgehead atoms. The Morgan fingerprint density at radius 1 is 0.550 bits per heavy atom. The fourth-order valence-corrected chi connectivity index (χ4v) is 7.79. The van der Waals surface area contributed by atoms with Crippen LogP contribution in [0.4, 0.5) is 0 Å². The van der Waals surface area contributed by atoms with Gasteiger partial charge in [0.2, 0.25) is 0 Å². The average Bonchev–Trinajstić information content (AvgIpc) is 3.29. The molecule has 1 saturated carbocycles. The first-order valence-corrected chi connectivity index (χ1v) is 19.9. The van der Waals surface area contributed by atoms with Gasteiger partial charge in [-0.05, 0) is 55.0 Å². The highest BCUT2D eigenvalue weighted by Gasteiger charge is 2.68. The number of esters is 4. The fourth-order valence-electron chi connectivity index (χ4n) is 7.79. The summed E-state index contributed by atoms with van der Waals surface area (Å²) in [6.07, 6.45) is -13.8. The Hall–Kier alpha value is -5.52. The molecule has 2 N–H and O–H groups in total. The van der Waals surface area contributed by atoms with Crippen molar-refractivity contribution in [2.24, 2.45) is 0 Å². The van der Waals surface area contributed by atoms with Crippen LogP contribution in [0, 0.1) is 0 Å². The van der Waals surface area contributed by atoms with Crippen LogP contribution in [-0.4, -0.2) is 114 Å². The number of carbonyl (C=O) groups excluding carboxylic acids is 4. The lowest BCUT2D eigenvalue weighted by Gasteiger charge is -2.61. The molecule has 15 heteroatoms. The summed E-state index contributed by atoms with van der Waals surface area (Å²) in [4.78, 5) is 55.1. The number of benzene rings is 4. The first-order chi connectivity index (χ1) is 29.1. The number of carbonyl (C=O) groups is 4. The highest BCUT2D eigenvalue weighted by Crippen LogP contribution is 2.49. The Labute approximate surface area is 344 Å². The van der Waals surface area contributed by atoms with Crippen LogP contribution in [0.3, 0.4) is 0 Å². The van der Waals surface area contributed by atoms with Gasteiger partial charge < -0.3 is 52.8 Å². The molecule has 15 nitrogen and oxygen atoms in total. The number of rotatable bonds is 14. The van der Waals surface area contributed by atoms with Crippen molar-refractivity contribution >= 4 is 23.9 Å². The number of ether oxygens (including phenoxy) is 9. The van der Waals surface area contributed by atoms with Crippen molar-refractivity contribution in [3.63, 3.8) is 0 Å². The summed E-state index contributed by atoms with van der Waals surface area (Å²) in [5.41, 5.74) is 0.572. The monoisotopic (exact) mass is 824 g/mol. The first-order valence-electron chi connectivity index (χ1n) is 19.9. The lowest BCUT2D eigenvalue weighted by Crippen LogP contribution is -2.79. The van der Waals surface area contributed by atoms with E-state index in [9.17, 15) is 29.4 Å². The molecular weight excluding hydrogens is 780 g/mol. The summed E-state index contributed by atoms with van der Waals surface area (Å²) in [6.45, 7) is 1.40. The Morgan fingerprint density at radius 2 is 0.967 bits per heavy atom. The molecule has 4 saturated heterocycles. The van der Waals surface area contributed by atoms with Crippen molar-refractivity contribution in [3.8, 4) is 0 Å². The van der Waals surface area contributed by atoms with Gasteiger partial charge in [-0.15, -0.1) is 0 Å². The number of aliphatic hydroxyl groups is 2. The smallest absolute Gasteiger partial charge is 0.338 e. The number of hydrogen-bond donors (Lipinski definition) is 2. The van der Waals surface area contributed by atoms with E-state index in [4.69, 9.17) is 42.6 Å². The SMILES string of the molecule is CCCCC12OC3[C@H](O)[C@H](O1)C(O[C@H]1O[C@H](COC(=O)c4ccccc4)[C@@H](OC(=O)c4ccccc4)[C@H](OC(=O)c4ccccc4)[C@@H]1OC(=O)c1ccccc1)[C@@H](O2)[C@H]3O. The summed E-state index contributed by atoms with van der Waals surface area (Å²) in [7, 11) is 0. The molecular formula is C45H44O15. The lowest BCUT2D eigenvalue weighted by molar-refractivity contribution is -0.545. The average molecular weight is 825 g/mol. The molecule has 0 aromatic heterocycles. The molecule has 9 atom stereocenters. The maximum Gasteiger partial charge on any atom is 0.338 e. The third-order valence-corrected chi connectivity index (χ3v) is 10.8. The van der Waals surface area contributed by atoms with Crippen LogP contribution < -0.4 is 0 Å². The molecule has 5 aliphatic rings. The van der Waals surface area contributed by atoms with E-state index >= 15 is 0 Å². The van der Waals surface area contributed by atoms with Crippen LogP contribution >= 0.6 is 0 Å². The molecule has 1 aliphatic carbocycles. The number of hydrogen-bond acceptors (Lipinski definition) is 15. The first kappa shape index (κ1) is 41.2. The van der Waals surface area contributed by atoms with Gasteiger partial charge in [0, 0.05) is 6.42 Å². The van der Waals surface area contributed by atoms with Crippen molar-refractivity contribution < 1.29 is 72.0 Å². The summed E-state index contributed by atoms with van der Waals surface area (Å²) >= 11 is 0. The molecule has 0 radical (unpaired) electrons. The predicted octanol–water partition coefficient (Wildman–Crippen LogP) is 4.39. The standard InChI is InChI=1S/C45H44O15/c1-2-3-24-45-58-34-31(46)35(59-45)38(36(60-45)32(34)47)57-44-39(56-43(51)29-22-14-7-15-23-29)37(55-42(50)28-20-12-6-13-21-28)33(54-41(49)27-18-10-5-11-19-27)30(53-44)25-52-40(48)26-16-8-4-9-17-26/h4-23,30-39,44,46-47H,2-3,24-25H2,1H3/t30-,31+,32+,33-,34?,35+,36+,37+,38?,39+,44-,45?/m1/s1. The second kappa shape index (κ2) is 18.0. The van der Waals surface area contributed by atoms with Crippen molar-refractivity contribution in [1.29, 1.82) is 0 Å². The number of unbranched alkanes of at least 4 members (excludes halogenated alkanes) is 1. The zero-order valence-corrected chi connectivity index (χ0v) is 32.4. The van der Waals surface area contributed by atoms with Gasteiger partial charge in [-0.25, -0.2) is 19.2 Å². The predicted molar refractivity (Wildman–Crippen MR) is 206 cm³/mol. The van der Waals surface area contributed by atoms with Crippen LogP contribution in [0.1, 0.15) is 67.6 Å². The van der Waals surface area contributed by atoms with Crippen LogP contribution in [-0.2, 0) is 42.6 Å². The molecule has 4 aromatic rings. The second-order valence-electron chi connectivity index (χ2n) is 14.8. The summed E-state index contributed by atoms with van der Waals surface area (Å²) < 4.78 is 55.6. The van der Waals surface area contributed by atoms with Gasteiger partial charge in [0.15, 0.2) is 24.6 Å². The van der Waals surface area contributed by atoms with Gasteiger partial charge in [0.1, 0.15) is 49.3 Å². The van der Waals surface area contributed by atoms with Crippen molar-refractivity contribution in [2.75, 3.05) is 6.61 Å². The molecule has 0 amide bonds. The molecule has 314 valence electrons. The van der Waals surface area contributed by atoms with E-state index in [0.717, 1.165) is 6.42 Å². The molecule has 0 unspecified atom stereocenters. The third kappa shape index (κ3) is 8.56. The zero-order valence-electron chi connectivity index (χ0n) is 32.4. The van der Waals surface area contributed by atoms with Gasteiger partial charge in [0.05, 0.1) is 22.3 Å². The Morgan fingerprint density at radius 3 is 1.43 bits per heavy atom. The molecule has 9 rings (SSSR count). The van der Waals surface area contributed by atoms with Crippen LogP contribution in [0.2, 0.25) is 0 Å². The van der Waals surface area contributed by atoms with Crippen molar-refractivity contribution in [1.82, 2.24) is 0 Å². The van der Waals surface area contributed by atoms with E-state index in [0.29, 0.717) is 12.8 Å². The van der Waals surface area contributed by atoms with E-state index < -0.39 is 104 Å². The topological polar surface area (TPSA) is 192 Å². The summed E-state index contributed by atoms with van der Waals surface area (Å²) in [6, 6.07) is 32.1. The van der Waals surface area contributed by atoms with Gasteiger partial charge in [-0.2, -0.15) is 0 Å². The molecule has 5 fully saturated rings. The van der Waals surface area contributed by atoms with E-state index in [1.54, 1.807) is 84.9 Å². The minimum atomic E-state index is -1.72. The van der Waals surface area contributed by atoms with E-state index in [1.165, 1.54) is 36.4 Å². The Kier molecular flexibility index (Phi) is 12.4. The normalized spacial score (nSPS) is 31.5. The second-order valence-corrected chi connectivity index (χ2v) is 14.8. The minimum Gasteiger partial charge on any atom is -0.459 e. The quantitative estimate of drug-likeness (QED) is 0.134. The van der Waals surface area contributed by atoms with Crippen LogP contribution in [0.5, 0.6) is 0 Å². The lowest BCUT2D eigenvalue weighted by atomic mass is 9.81. The summed E-state index contributed by atoms with van der Waals surface area (Å²) in [5.74, 6) is -4.93. The van der Waals surface area contributed by atoms with Gasteiger partial charge in [0.25, 0.3) is 5.97 Å². The molecule has 60 heavy (non-hydrogen) atoms. The van der Waals surface area contributed by atoms with Gasteiger partial charge in [-0.3, -0.25) is 0 Å². The molecule has 0 spiro atoms. The van der Waals surface area contributed by atoms with E-state index in [1.807, 2.05) is 6.92 Å². The largest absolute Gasteiger partial charge is 0.459 e. The third-order valence-electron chi connectivity index (χ3n) is 10.8. The highest BCUT2D eigenvalue weighted by molar-refractivity contribution is 5.91. The Bertz CT molecular complexity index is 2080. The minimum absolute atomic E-state index is 0.112. The maximum atomic E-state index is 14.0. The van der Waals surface area contributed by atoms with Gasteiger partial charge in [-0.1, -0.05) is 86.1 Å². The Balaban J connectivity index is 1.19. The van der Waals surface area contributed by atoms with Crippen LogP contribution in [0.15, 0.2) is 121 Å². The molecule has 4 aromatic carbocycles. The van der Waals surface area contributed by atoms with Crippen LogP contribution in [0.25, 0.3) is 0 Å². The maximum absolute atomic E-state index is 14.0. The molecule has 4 aliphatic heterocycles. The fraction of sp³-hybridized carbons (Fsp3) is 0.378. The van der Waals surface area contributed by atoms with Crippen molar-refractivity contribution in [2.45, 2.75) is 99.5 Å². The van der Waals surface area contributed by atoms with Crippen molar-refractivity contribution in [3.05, 3.63) is 144 Å². The van der Waals surface area contributed by atoms with E-state index in [-0.39, 0.29) is 22.3 Å². The number of aliphatic hydroxyl groups excluding tert-OH is 2. The van der Waals surface area contributed by atoms with E-state index in [2.05, 4.69) is 0 Å². The summed E-state index contributed by atoms with van der Waals surface area (Å²) in [5, 5.41) is 22.8. The zero-order chi connectivity index (χ0) is 41.8. The highest BCUT2D eigenvalue weighted by atomic mass is 16.9.